The molecule has 104 valence electrons. The van der Waals surface area contributed by atoms with E-state index in [2.05, 4.69) is 5.32 Å². The molecule has 6 heteroatoms. The average Bonchev–Trinajstić information content (AvgIpc) is 2.59. The molecule has 0 bridgehead atoms. The van der Waals surface area contributed by atoms with Crippen LogP contribution in [0, 0.1) is 0 Å². The van der Waals surface area contributed by atoms with E-state index in [9.17, 15) is 9.59 Å². The maximum absolute atomic E-state index is 11.5. The molecule has 1 aliphatic rings. The molecule has 0 saturated carbocycles. The number of carbonyl (C=O) groups excluding carboxylic acids is 1. The van der Waals surface area contributed by atoms with E-state index >= 15 is 0 Å². The molecule has 1 rings (SSSR count). The number of nitrogens with one attached hydrogen (secondary N) is 1. The summed E-state index contributed by atoms with van der Waals surface area (Å²) in [6.07, 6.45) is 0.857. The second-order valence-electron chi connectivity index (χ2n) is 5.58. The Labute approximate surface area is 107 Å². The van der Waals surface area contributed by atoms with Crippen molar-refractivity contribution in [2.75, 3.05) is 26.2 Å². The molecular formula is C12H22N2O4. The van der Waals surface area contributed by atoms with Crippen LogP contribution in [0.25, 0.3) is 0 Å². The number of hydrogen-bond donors (Lipinski definition) is 2. The maximum Gasteiger partial charge on any atom is 0.320 e. The fourth-order valence-corrected chi connectivity index (χ4v) is 1.94. The minimum Gasteiger partial charge on any atom is -0.480 e. The van der Waals surface area contributed by atoms with Crippen LogP contribution in [-0.2, 0) is 14.3 Å². The van der Waals surface area contributed by atoms with Gasteiger partial charge in [-0.15, -0.1) is 0 Å². The molecule has 1 fully saturated rings. The molecule has 1 atom stereocenters. The Hall–Kier alpha value is -1.14. The van der Waals surface area contributed by atoms with Crippen molar-refractivity contribution in [2.45, 2.75) is 38.8 Å². The van der Waals surface area contributed by atoms with Gasteiger partial charge in [0.2, 0.25) is 0 Å². The number of hydrogen-bond acceptors (Lipinski definition) is 5. The van der Waals surface area contributed by atoms with Gasteiger partial charge in [-0.3, -0.25) is 14.5 Å². The van der Waals surface area contributed by atoms with Gasteiger partial charge in [-0.25, -0.2) is 0 Å². The summed E-state index contributed by atoms with van der Waals surface area (Å²) in [4.78, 5) is 23.9. The smallest absolute Gasteiger partial charge is 0.320 e. The Kier molecular flexibility index (Phi) is 5.10. The second-order valence-corrected chi connectivity index (χ2v) is 5.58. The highest BCUT2D eigenvalue weighted by molar-refractivity contribution is 5.72. The molecule has 0 aliphatic carbocycles. The molecule has 0 amide bonds. The van der Waals surface area contributed by atoms with Gasteiger partial charge in [-0.2, -0.15) is 0 Å². The van der Waals surface area contributed by atoms with E-state index in [0.29, 0.717) is 6.54 Å². The van der Waals surface area contributed by atoms with Gasteiger partial charge in [-0.1, -0.05) is 0 Å². The maximum atomic E-state index is 11.5. The third-order valence-electron chi connectivity index (χ3n) is 2.59. The second kappa shape index (κ2) is 6.15. The van der Waals surface area contributed by atoms with Gasteiger partial charge in [0.25, 0.3) is 0 Å². The summed E-state index contributed by atoms with van der Waals surface area (Å²) in [6, 6.07) is 0.164. The number of esters is 1. The number of carboxylic acids is 1. The monoisotopic (exact) mass is 258 g/mol. The normalized spacial score (nSPS) is 20.9. The highest BCUT2D eigenvalue weighted by atomic mass is 16.6. The Morgan fingerprint density at radius 2 is 2.11 bits per heavy atom. The third-order valence-corrected chi connectivity index (χ3v) is 2.59. The number of carboxylic acid groups (broad SMARTS) is 1. The minimum atomic E-state index is -0.817. The largest absolute Gasteiger partial charge is 0.480 e. The van der Waals surface area contributed by atoms with Gasteiger partial charge in [0.15, 0.2) is 0 Å². The van der Waals surface area contributed by atoms with Crippen molar-refractivity contribution < 1.29 is 19.4 Å². The van der Waals surface area contributed by atoms with E-state index in [1.165, 1.54) is 0 Å². The van der Waals surface area contributed by atoms with Crippen LogP contribution < -0.4 is 5.32 Å². The third kappa shape index (κ3) is 5.97. The van der Waals surface area contributed by atoms with Crippen molar-refractivity contribution in [3.05, 3.63) is 0 Å². The predicted molar refractivity (Wildman–Crippen MR) is 66.3 cm³/mol. The fraction of sp³-hybridized carbons (Fsp3) is 0.833. The predicted octanol–water partition coefficient (Wildman–Crippen LogP) is 0.0766. The van der Waals surface area contributed by atoms with Gasteiger partial charge in [0, 0.05) is 19.1 Å². The Morgan fingerprint density at radius 3 is 2.67 bits per heavy atom. The van der Waals surface area contributed by atoms with Crippen LogP contribution in [0.3, 0.4) is 0 Å². The number of aliphatic carboxylic acids is 1. The number of ether oxygens (including phenoxy) is 1. The summed E-state index contributed by atoms with van der Waals surface area (Å²) in [7, 11) is 0. The highest BCUT2D eigenvalue weighted by Crippen LogP contribution is 2.09. The lowest BCUT2D eigenvalue weighted by Crippen LogP contribution is -2.39. The molecule has 0 spiro atoms. The van der Waals surface area contributed by atoms with Crippen LogP contribution in [0.4, 0.5) is 0 Å². The van der Waals surface area contributed by atoms with E-state index in [0.717, 1.165) is 13.0 Å². The van der Waals surface area contributed by atoms with E-state index in [-0.39, 0.29) is 25.1 Å². The number of rotatable bonds is 5. The summed E-state index contributed by atoms with van der Waals surface area (Å²) in [5, 5.41) is 11.8. The summed E-state index contributed by atoms with van der Waals surface area (Å²) < 4.78 is 5.18. The Bertz CT molecular complexity index is 312. The van der Waals surface area contributed by atoms with E-state index < -0.39 is 11.6 Å². The van der Waals surface area contributed by atoms with Gasteiger partial charge in [0.05, 0.1) is 13.1 Å². The molecule has 0 unspecified atom stereocenters. The molecule has 2 N–H and O–H groups in total. The molecule has 0 aromatic carbocycles. The lowest BCUT2D eigenvalue weighted by Gasteiger charge is -2.20. The van der Waals surface area contributed by atoms with Gasteiger partial charge >= 0.3 is 11.9 Å². The zero-order valence-electron chi connectivity index (χ0n) is 11.2. The Morgan fingerprint density at radius 1 is 1.44 bits per heavy atom. The molecule has 1 saturated heterocycles. The van der Waals surface area contributed by atoms with Crippen molar-refractivity contribution in [1.29, 1.82) is 0 Å². The average molecular weight is 258 g/mol. The van der Waals surface area contributed by atoms with E-state index in [4.69, 9.17) is 9.84 Å². The molecule has 0 radical (unpaired) electrons. The van der Waals surface area contributed by atoms with Gasteiger partial charge < -0.3 is 15.2 Å². The van der Waals surface area contributed by atoms with Crippen LogP contribution in [0.1, 0.15) is 27.2 Å². The highest BCUT2D eigenvalue weighted by Gasteiger charge is 2.24. The van der Waals surface area contributed by atoms with Crippen molar-refractivity contribution in [3.63, 3.8) is 0 Å². The molecule has 6 nitrogen and oxygen atoms in total. The van der Waals surface area contributed by atoms with Crippen molar-refractivity contribution in [1.82, 2.24) is 10.2 Å². The number of nitrogens with zero attached hydrogens (tertiary/aromatic N) is 1. The van der Waals surface area contributed by atoms with Crippen LogP contribution in [0.15, 0.2) is 0 Å². The molecular weight excluding hydrogens is 236 g/mol. The van der Waals surface area contributed by atoms with Crippen LogP contribution in [0.2, 0.25) is 0 Å². The van der Waals surface area contributed by atoms with Crippen LogP contribution >= 0.6 is 0 Å². The molecule has 1 heterocycles. The standard InChI is InChI=1S/C12H22N2O4/c1-12(2,3)18-11(17)6-13-9-4-5-14(7-9)8-10(15)16/h9,13H,4-8H2,1-3H3,(H,15,16)/t9-/m1/s1. The first-order chi connectivity index (χ1) is 8.26. The van der Waals surface area contributed by atoms with Crippen molar-refractivity contribution >= 4 is 11.9 Å². The molecule has 1 aliphatic heterocycles. The van der Waals surface area contributed by atoms with E-state index in [1.807, 2.05) is 25.7 Å². The first-order valence-electron chi connectivity index (χ1n) is 6.15. The van der Waals surface area contributed by atoms with Gasteiger partial charge in [0.1, 0.15) is 5.60 Å². The molecule has 0 aromatic heterocycles. The van der Waals surface area contributed by atoms with Crippen molar-refractivity contribution in [3.8, 4) is 0 Å². The number of likely N-dealkylation sites (tertiary alicyclic amines) is 1. The first kappa shape index (κ1) is 14.9. The Balaban J connectivity index is 2.21. The summed E-state index contributed by atoms with van der Waals surface area (Å²) in [5.74, 6) is -1.10. The topological polar surface area (TPSA) is 78.9 Å². The summed E-state index contributed by atoms with van der Waals surface area (Å²) in [6.45, 7) is 7.13. The van der Waals surface area contributed by atoms with E-state index in [1.54, 1.807) is 0 Å². The fourth-order valence-electron chi connectivity index (χ4n) is 1.94. The summed E-state index contributed by atoms with van der Waals surface area (Å²) >= 11 is 0. The summed E-state index contributed by atoms with van der Waals surface area (Å²) in [5.41, 5.74) is -0.468. The quantitative estimate of drug-likeness (QED) is 0.680. The van der Waals surface area contributed by atoms with Crippen molar-refractivity contribution in [2.24, 2.45) is 0 Å². The number of carbonyl (C=O) groups is 2. The molecule has 0 aromatic rings. The zero-order valence-corrected chi connectivity index (χ0v) is 11.2. The SMILES string of the molecule is CC(C)(C)OC(=O)CN[C@@H]1CCN(CC(=O)O)C1. The van der Waals surface area contributed by atoms with Crippen LogP contribution in [-0.4, -0.2) is 59.8 Å². The lowest BCUT2D eigenvalue weighted by molar-refractivity contribution is -0.153. The minimum absolute atomic E-state index is 0.0601. The van der Waals surface area contributed by atoms with Crippen LogP contribution in [0.5, 0.6) is 0 Å². The zero-order chi connectivity index (χ0) is 13.8. The lowest BCUT2D eigenvalue weighted by atomic mass is 10.2. The van der Waals surface area contributed by atoms with Gasteiger partial charge in [-0.05, 0) is 27.2 Å². The molecule has 18 heavy (non-hydrogen) atoms. The first-order valence-corrected chi connectivity index (χ1v) is 6.15.